The molecule has 0 bridgehead atoms. The molecule has 2 aromatic carbocycles. The molecule has 2 N–H and O–H groups in total. The van der Waals surface area contributed by atoms with Crippen molar-refractivity contribution in [1.29, 1.82) is 0 Å². The lowest BCUT2D eigenvalue weighted by Crippen LogP contribution is -2.25. The van der Waals surface area contributed by atoms with E-state index in [1.54, 1.807) is 0 Å². The lowest BCUT2D eigenvalue weighted by molar-refractivity contribution is -0.137. The molecule has 1 heterocycles. The Bertz CT molecular complexity index is 852. The number of fused-ring (bicyclic) bond motifs is 1. The molecule has 2 amide bonds. The minimum absolute atomic E-state index is 0.142. The van der Waals surface area contributed by atoms with E-state index >= 15 is 0 Å². The fourth-order valence-corrected chi connectivity index (χ4v) is 3.77. The second-order valence-electron chi connectivity index (χ2n) is 6.06. The van der Waals surface area contributed by atoms with Crippen molar-refractivity contribution in [3.63, 3.8) is 0 Å². The Labute approximate surface area is 168 Å². The Balaban J connectivity index is 0.00000136. The third-order valence-corrected chi connectivity index (χ3v) is 5.17. The highest BCUT2D eigenvalue weighted by Gasteiger charge is 2.31. The number of carboxylic acids is 1. The van der Waals surface area contributed by atoms with Gasteiger partial charge in [0.05, 0.1) is 11.9 Å². The number of nitrogens with one attached hydrogen (secondary N) is 1. The molecule has 1 fully saturated rings. The molecule has 2 aromatic rings. The van der Waals surface area contributed by atoms with Crippen molar-refractivity contribution in [3.05, 3.63) is 42.0 Å². The van der Waals surface area contributed by atoms with E-state index in [4.69, 9.17) is 9.84 Å². The molecule has 7 heteroatoms. The molecule has 1 atom stereocenters. The minimum Gasteiger partial charge on any atom is -0.493 e. The molecular formula is C21H25NO5S. The summed E-state index contributed by atoms with van der Waals surface area (Å²) in [6, 6.07) is 11.6. The van der Waals surface area contributed by atoms with Crippen LogP contribution in [0.2, 0.25) is 0 Å². The van der Waals surface area contributed by atoms with Crippen LogP contribution in [0.5, 0.6) is 5.75 Å². The van der Waals surface area contributed by atoms with Crippen molar-refractivity contribution in [2.75, 3.05) is 6.61 Å². The number of ether oxygens (including phenoxy) is 1. The molecule has 0 spiro atoms. The van der Waals surface area contributed by atoms with E-state index in [0.29, 0.717) is 25.9 Å². The summed E-state index contributed by atoms with van der Waals surface area (Å²) in [7, 11) is 0. The maximum Gasteiger partial charge on any atom is 0.303 e. The summed E-state index contributed by atoms with van der Waals surface area (Å²) >= 11 is 1.02. The summed E-state index contributed by atoms with van der Waals surface area (Å²) < 4.78 is 5.83. The zero-order chi connectivity index (χ0) is 20.5. The van der Waals surface area contributed by atoms with E-state index in [9.17, 15) is 14.4 Å². The number of imide groups is 1. The molecular weight excluding hydrogens is 378 g/mol. The van der Waals surface area contributed by atoms with Gasteiger partial charge in [-0.2, -0.15) is 0 Å². The van der Waals surface area contributed by atoms with E-state index in [1.165, 1.54) is 0 Å². The van der Waals surface area contributed by atoms with E-state index in [1.807, 2.05) is 50.2 Å². The van der Waals surface area contributed by atoms with Gasteiger partial charge >= 0.3 is 5.97 Å². The summed E-state index contributed by atoms with van der Waals surface area (Å²) in [4.78, 5) is 33.7. The van der Waals surface area contributed by atoms with E-state index in [-0.39, 0.29) is 17.6 Å². The van der Waals surface area contributed by atoms with Gasteiger partial charge in [0, 0.05) is 11.8 Å². The average molecular weight is 404 g/mol. The van der Waals surface area contributed by atoms with Crippen LogP contribution in [0.4, 0.5) is 4.79 Å². The van der Waals surface area contributed by atoms with Crippen molar-refractivity contribution < 1.29 is 24.2 Å². The number of hydrogen-bond donors (Lipinski definition) is 2. The Kier molecular flexibility index (Phi) is 8.32. The van der Waals surface area contributed by atoms with Crippen LogP contribution < -0.4 is 10.1 Å². The predicted octanol–water partition coefficient (Wildman–Crippen LogP) is 4.39. The first kappa shape index (κ1) is 21.8. The van der Waals surface area contributed by atoms with Crippen LogP contribution in [0.25, 0.3) is 10.8 Å². The number of carboxylic acid groups (broad SMARTS) is 1. The van der Waals surface area contributed by atoms with Gasteiger partial charge in [-0.25, -0.2) is 0 Å². The largest absolute Gasteiger partial charge is 0.493 e. The number of hydrogen-bond acceptors (Lipinski definition) is 5. The van der Waals surface area contributed by atoms with Gasteiger partial charge in [0.1, 0.15) is 5.75 Å². The highest BCUT2D eigenvalue weighted by Crippen LogP contribution is 2.32. The lowest BCUT2D eigenvalue weighted by atomic mass is 10.00. The van der Waals surface area contributed by atoms with Crippen LogP contribution in [0.15, 0.2) is 36.4 Å². The third-order valence-electron chi connectivity index (χ3n) is 4.19. The molecule has 6 nitrogen and oxygen atoms in total. The maximum atomic E-state index is 11.8. The van der Waals surface area contributed by atoms with Crippen LogP contribution in [-0.2, 0) is 16.0 Å². The third kappa shape index (κ3) is 5.73. The first-order valence-electron chi connectivity index (χ1n) is 9.41. The van der Waals surface area contributed by atoms with Crippen LogP contribution >= 0.6 is 11.8 Å². The quantitative estimate of drug-likeness (QED) is 0.635. The number of rotatable bonds is 8. The predicted molar refractivity (Wildman–Crippen MR) is 111 cm³/mol. The average Bonchev–Trinajstić information content (AvgIpc) is 3.01. The number of carbonyl (C=O) groups is 3. The van der Waals surface area contributed by atoms with Gasteiger partial charge in [0.15, 0.2) is 0 Å². The highest BCUT2D eigenvalue weighted by atomic mass is 32.2. The van der Waals surface area contributed by atoms with Gasteiger partial charge in [-0.3, -0.25) is 19.7 Å². The van der Waals surface area contributed by atoms with Crippen molar-refractivity contribution in [1.82, 2.24) is 5.32 Å². The molecule has 150 valence electrons. The van der Waals surface area contributed by atoms with Gasteiger partial charge in [-0.15, -0.1) is 0 Å². The molecule has 0 aliphatic carbocycles. The lowest BCUT2D eigenvalue weighted by Gasteiger charge is -2.13. The first-order chi connectivity index (χ1) is 13.5. The standard InChI is InChI=1S/C19H19NO5S.C2H6/c21-17(22)7-3-4-10-25-15-9-8-12(13-5-1-2-6-14(13)15)11-16-18(23)20-19(24)26-16;1-2/h1-2,5-6,8-9,16H,3-4,7,10-11H2,(H,21,22)(H,20,23,24);1-2H3. The number of carbonyl (C=O) groups excluding carboxylic acids is 2. The SMILES string of the molecule is CC.O=C(O)CCCCOc1ccc(CC2SC(=O)NC2=O)c2ccccc12. The van der Waals surface area contributed by atoms with Gasteiger partial charge in [-0.1, -0.05) is 55.9 Å². The number of benzene rings is 2. The topological polar surface area (TPSA) is 92.7 Å². The number of unbranched alkanes of at least 4 members (excludes halogenated alkanes) is 1. The zero-order valence-electron chi connectivity index (χ0n) is 16.1. The van der Waals surface area contributed by atoms with Gasteiger partial charge < -0.3 is 9.84 Å². The Morgan fingerprint density at radius 2 is 1.82 bits per heavy atom. The second kappa shape index (κ2) is 10.7. The van der Waals surface area contributed by atoms with Gasteiger partial charge in [-0.05, 0) is 36.3 Å². The molecule has 28 heavy (non-hydrogen) atoms. The Hall–Kier alpha value is -2.54. The van der Waals surface area contributed by atoms with Crippen molar-refractivity contribution >= 4 is 39.7 Å². The fraction of sp³-hybridized carbons (Fsp3) is 0.381. The van der Waals surface area contributed by atoms with Crippen LogP contribution in [0.3, 0.4) is 0 Å². The number of aliphatic carboxylic acids is 1. The van der Waals surface area contributed by atoms with E-state index < -0.39 is 11.2 Å². The van der Waals surface area contributed by atoms with Crippen LogP contribution in [-0.4, -0.2) is 34.1 Å². The molecule has 1 aliphatic rings. The smallest absolute Gasteiger partial charge is 0.303 e. The van der Waals surface area contributed by atoms with Crippen molar-refractivity contribution in [2.45, 2.75) is 44.8 Å². The van der Waals surface area contributed by atoms with Crippen LogP contribution in [0, 0.1) is 0 Å². The zero-order valence-corrected chi connectivity index (χ0v) is 16.9. The monoisotopic (exact) mass is 403 g/mol. The molecule has 0 aromatic heterocycles. The fourth-order valence-electron chi connectivity index (χ4n) is 2.93. The summed E-state index contributed by atoms with van der Waals surface area (Å²) in [6.45, 7) is 4.45. The molecule has 1 saturated heterocycles. The normalized spacial score (nSPS) is 15.7. The van der Waals surface area contributed by atoms with Crippen LogP contribution in [0.1, 0.15) is 38.7 Å². The van der Waals surface area contributed by atoms with Gasteiger partial charge in [0.2, 0.25) is 5.91 Å². The van der Waals surface area contributed by atoms with Crippen molar-refractivity contribution in [3.8, 4) is 5.75 Å². The highest BCUT2D eigenvalue weighted by molar-refractivity contribution is 8.15. The Morgan fingerprint density at radius 3 is 2.46 bits per heavy atom. The molecule has 1 unspecified atom stereocenters. The second-order valence-corrected chi connectivity index (χ2v) is 7.23. The number of thioether (sulfide) groups is 1. The van der Waals surface area contributed by atoms with E-state index in [2.05, 4.69) is 5.32 Å². The number of amides is 2. The minimum atomic E-state index is -0.799. The maximum absolute atomic E-state index is 11.8. The molecule has 3 rings (SSSR count). The van der Waals surface area contributed by atoms with Gasteiger partial charge in [0.25, 0.3) is 5.24 Å². The summed E-state index contributed by atoms with van der Waals surface area (Å²) in [5, 5.41) is 12.2. The summed E-state index contributed by atoms with van der Waals surface area (Å²) in [6.07, 6.45) is 1.86. The van der Waals surface area contributed by atoms with E-state index in [0.717, 1.165) is 33.8 Å². The first-order valence-corrected chi connectivity index (χ1v) is 10.3. The molecule has 0 saturated carbocycles. The summed E-state index contributed by atoms with van der Waals surface area (Å²) in [5.41, 5.74) is 0.987. The molecule has 0 radical (unpaired) electrons. The Morgan fingerprint density at radius 1 is 1.11 bits per heavy atom. The van der Waals surface area contributed by atoms with Crippen molar-refractivity contribution in [2.24, 2.45) is 0 Å². The molecule has 1 aliphatic heterocycles. The summed E-state index contributed by atoms with van der Waals surface area (Å²) in [5.74, 6) is -0.311.